The number of amides is 1. The first-order valence-corrected chi connectivity index (χ1v) is 8.00. The standard InChI is InChI=1S/C19H20N4O2/c1-13-5-4-6-17(9-13)25-12-19(24)21-16-7-8-18(20-11-16)23-15(3)10-14(2)22-23/h4-11H,12H2,1-3H3,(H,21,24). The third kappa shape index (κ3) is 4.23. The van der Waals surface area contributed by atoms with Crippen molar-refractivity contribution in [1.82, 2.24) is 14.8 Å². The molecule has 0 saturated heterocycles. The lowest BCUT2D eigenvalue weighted by molar-refractivity contribution is -0.118. The van der Waals surface area contributed by atoms with Gasteiger partial charge in [-0.3, -0.25) is 4.79 Å². The smallest absolute Gasteiger partial charge is 0.262 e. The van der Waals surface area contributed by atoms with E-state index < -0.39 is 0 Å². The number of benzene rings is 1. The number of aromatic nitrogens is 3. The first-order chi connectivity index (χ1) is 12.0. The fourth-order valence-electron chi connectivity index (χ4n) is 2.50. The Morgan fingerprint density at radius 2 is 2.00 bits per heavy atom. The zero-order chi connectivity index (χ0) is 17.8. The number of carbonyl (C=O) groups is 1. The van der Waals surface area contributed by atoms with E-state index in [4.69, 9.17) is 4.74 Å². The second-order valence-corrected chi connectivity index (χ2v) is 5.90. The van der Waals surface area contributed by atoms with Crippen molar-refractivity contribution in [1.29, 1.82) is 0 Å². The number of anilines is 1. The average molecular weight is 336 g/mol. The monoisotopic (exact) mass is 336 g/mol. The molecule has 6 nitrogen and oxygen atoms in total. The molecule has 2 aromatic heterocycles. The molecule has 0 aliphatic heterocycles. The maximum absolute atomic E-state index is 12.0. The van der Waals surface area contributed by atoms with Crippen LogP contribution in [0.1, 0.15) is 17.0 Å². The van der Waals surface area contributed by atoms with E-state index in [1.807, 2.05) is 57.2 Å². The van der Waals surface area contributed by atoms with E-state index in [1.165, 1.54) is 0 Å². The van der Waals surface area contributed by atoms with Crippen molar-refractivity contribution in [3.05, 3.63) is 65.6 Å². The first-order valence-electron chi connectivity index (χ1n) is 8.00. The summed E-state index contributed by atoms with van der Waals surface area (Å²) in [5.74, 6) is 1.15. The molecule has 128 valence electrons. The summed E-state index contributed by atoms with van der Waals surface area (Å²) in [6, 6.07) is 13.2. The minimum absolute atomic E-state index is 0.0529. The van der Waals surface area contributed by atoms with Crippen molar-refractivity contribution in [2.45, 2.75) is 20.8 Å². The SMILES string of the molecule is Cc1cccc(OCC(=O)Nc2ccc(-n3nc(C)cc3C)nc2)c1. The van der Waals surface area contributed by atoms with E-state index in [1.54, 1.807) is 16.9 Å². The summed E-state index contributed by atoms with van der Waals surface area (Å²) in [5.41, 5.74) is 3.64. The summed E-state index contributed by atoms with van der Waals surface area (Å²) in [6.45, 7) is 5.83. The molecule has 0 saturated carbocycles. The van der Waals surface area contributed by atoms with Gasteiger partial charge in [0.2, 0.25) is 0 Å². The van der Waals surface area contributed by atoms with Gasteiger partial charge in [-0.2, -0.15) is 5.10 Å². The number of carbonyl (C=O) groups excluding carboxylic acids is 1. The van der Waals surface area contributed by atoms with E-state index in [-0.39, 0.29) is 12.5 Å². The molecule has 25 heavy (non-hydrogen) atoms. The van der Waals surface area contributed by atoms with Crippen LogP contribution in [0.5, 0.6) is 5.75 Å². The summed E-state index contributed by atoms with van der Waals surface area (Å²) in [7, 11) is 0. The lowest BCUT2D eigenvalue weighted by atomic mass is 10.2. The Morgan fingerprint density at radius 1 is 1.16 bits per heavy atom. The molecule has 1 amide bonds. The van der Waals surface area contributed by atoms with Crippen LogP contribution in [0.3, 0.4) is 0 Å². The van der Waals surface area contributed by atoms with Crippen LogP contribution >= 0.6 is 0 Å². The topological polar surface area (TPSA) is 69.0 Å². The molecule has 0 fully saturated rings. The minimum Gasteiger partial charge on any atom is -0.484 e. The van der Waals surface area contributed by atoms with E-state index in [0.29, 0.717) is 17.3 Å². The van der Waals surface area contributed by atoms with Crippen molar-refractivity contribution < 1.29 is 9.53 Å². The number of ether oxygens (including phenoxy) is 1. The Morgan fingerprint density at radius 3 is 2.64 bits per heavy atom. The number of nitrogens with zero attached hydrogens (tertiary/aromatic N) is 3. The van der Waals surface area contributed by atoms with Crippen LogP contribution in [-0.2, 0) is 4.79 Å². The van der Waals surface area contributed by atoms with E-state index in [2.05, 4.69) is 15.4 Å². The Balaban J connectivity index is 1.59. The lowest BCUT2D eigenvalue weighted by Gasteiger charge is -2.09. The molecule has 1 aromatic carbocycles. The maximum atomic E-state index is 12.0. The van der Waals surface area contributed by atoms with Crippen LogP contribution in [0.15, 0.2) is 48.7 Å². The lowest BCUT2D eigenvalue weighted by Crippen LogP contribution is -2.20. The second-order valence-electron chi connectivity index (χ2n) is 5.90. The Hall–Kier alpha value is -3.15. The number of pyridine rings is 1. The third-order valence-corrected chi connectivity index (χ3v) is 3.62. The van der Waals surface area contributed by atoms with Gasteiger partial charge in [0.25, 0.3) is 5.91 Å². The molecular formula is C19H20N4O2. The number of hydrogen-bond acceptors (Lipinski definition) is 4. The number of nitrogens with one attached hydrogen (secondary N) is 1. The highest BCUT2D eigenvalue weighted by Crippen LogP contribution is 2.14. The van der Waals surface area contributed by atoms with Crippen molar-refractivity contribution in [3.8, 4) is 11.6 Å². The quantitative estimate of drug-likeness (QED) is 0.777. The molecule has 0 radical (unpaired) electrons. The van der Waals surface area contributed by atoms with Crippen molar-refractivity contribution in [3.63, 3.8) is 0 Å². The third-order valence-electron chi connectivity index (χ3n) is 3.62. The second kappa shape index (κ2) is 7.17. The largest absolute Gasteiger partial charge is 0.484 e. The molecule has 6 heteroatoms. The summed E-state index contributed by atoms with van der Waals surface area (Å²) in [5, 5.41) is 7.16. The van der Waals surface area contributed by atoms with E-state index >= 15 is 0 Å². The van der Waals surface area contributed by atoms with E-state index in [9.17, 15) is 4.79 Å². The van der Waals surface area contributed by atoms with Gasteiger partial charge in [-0.1, -0.05) is 12.1 Å². The number of rotatable bonds is 5. The average Bonchev–Trinajstić information content (AvgIpc) is 2.92. The van der Waals surface area contributed by atoms with Gasteiger partial charge in [0.1, 0.15) is 5.75 Å². The van der Waals surface area contributed by atoms with Crippen LogP contribution in [0.25, 0.3) is 5.82 Å². The fourth-order valence-corrected chi connectivity index (χ4v) is 2.50. The van der Waals surface area contributed by atoms with Crippen LogP contribution in [0.2, 0.25) is 0 Å². The molecule has 0 unspecified atom stereocenters. The van der Waals surface area contributed by atoms with Gasteiger partial charge in [0.15, 0.2) is 12.4 Å². The Labute approximate surface area is 146 Å². The Kier molecular flexibility index (Phi) is 4.79. The number of aryl methyl sites for hydroxylation is 3. The van der Waals surface area contributed by atoms with Crippen molar-refractivity contribution in [2.75, 3.05) is 11.9 Å². The van der Waals surface area contributed by atoms with Crippen LogP contribution < -0.4 is 10.1 Å². The summed E-state index contributed by atoms with van der Waals surface area (Å²) >= 11 is 0. The highest BCUT2D eigenvalue weighted by atomic mass is 16.5. The highest BCUT2D eigenvalue weighted by molar-refractivity contribution is 5.91. The molecule has 0 spiro atoms. The molecule has 3 rings (SSSR count). The predicted molar refractivity (Wildman–Crippen MR) is 96.1 cm³/mol. The van der Waals surface area contributed by atoms with Gasteiger partial charge >= 0.3 is 0 Å². The van der Waals surface area contributed by atoms with Gasteiger partial charge in [-0.25, -0.2) is 9.67 Å². The van der Waals surface area contributed by atoms with Crippen LogP contribution in [0, 0.1) is 20.8 Å². The Bertz CT molecular complexity index is 885. The molecule has 1 N–H and O–H groups in total. The van der Waals surface area contributed by atoms with Gasteiger partial charge in [0, 0.05) is 5.69 Å². The summed E-state index contributed by atoms with van der Waals surface area (Å²) in [4.78, 5) is 16.4. The molecule has 3 aromatic rings. The molecule has 0 aliphatic rings. The van der Waals surface area contributed by atoms with Crippen molar-refractivity contribution >= 4 is 11.6 Å². The minimum atomic E-state index is -0.234. The first kappa shape index (κ1) is 16.7. The molecule has 0 aliphatic carbocycles. The van der Waals surface area contributed by atoms with Crippen LogP contribution in [0.4, 0.5) is 5.69 Å². The summed E-state index contributed by atoms with van der Waals surface area (Å²) < 4.78 is 7.25. The molecule has 0 bridgehead atoms. The van der Waals surface area contributed by atoms with Gasteiger partial charge < -0.3 is 10.1 Å². The van der Waals surface area contributed by atoms with Gasteiger partial charge in [0.05, 0.1) is 17.6 Å². The molecule has 2 heterocycles. The van der Waals surface area contributed by atoms with Gasteiger partial charge in [-0.05, 0) is 56.7 Å². The maximum Gasteiger partial charge on any atom is 0.262 e. The van der Waals surface area contributed by atoms with Crippen LogP contribution in [-0.4, -0.2) is 27.3 Å². The number of hydrogen-bond donors (Lipinski definition) is 1. The van der Waals surface area contributed by atoms with E-state index in [0.717, 1.165) is 17.0 Å². The molecular weight excluding hydrogens is 316 g/mol. The predicted octanol–water partition coefficient (Wildman–Crippen LogP) is 3.21. The van der Waals surface area contributed by atoms with Crippen molar-refractivity contribution in [2.24, 2.45) is 0 Å². The zero-order valence-corrected chi connectivity index (χ0v) is 14.5. The highest BCUT2D eigenvalue weighted by Gasteiger charge is 2.07. The normalized spacial score (nSPS) is 10.5. The molecule has 0 atom stereocenters. The summed E-state index contributed by atoms with van der Waals surface area (Å²) in [6.07, 6.45) is 1.61. The zero-order valence-electron chi connectivity index (χ0n) is 14.5. The fraction of sp³-hybridized carbons (Fsp3) is 0.211. The van der Waals surface area contributed by atoms with Gasteiger partial charge in [-0.15, -0.1) is 0 Å².